The molecule has 2 saturated heterocycles. The number of fused-ring (bicyclic) bond motifs is 1. The first-order valence-corrected chi connectivity index (χ1v) is 10.5. The van der Waals surface area contributed by atoms with Gasteiger partial charge in [-0.2, -0.15) is 0 Å². The molecule has 2 aliphatic heterocycles. The average Bonchev–Trinajstić information content (AvgIpc) is 2.84. The van der Waals surface area contributed by atoms with Gasteiger partial charge in [0.2, 0.25) is 0 Å². The number of rotatable bonds is 4. The number of allylic oxidation sites excluding steroid dienone is 1. The average molecular weight is 349 g/mol. The molecule has 1 aromatic carbocycles. The van der Waals surface area contributed by atoms with Crippen molar-refractivity contribution in [2.45, 2.75) is 39.4 Å². The Kier molecular flexibility index (Phi) is 5.13. The fourth-order valence-electron chi connectivity index (χ4n) is 3.75. The summed E-state index contributed by atoms with van der Waals surface area (Å²) in [7, 11) is -2.94. The molecule has 5 heteroatoms. The van der Waals surface area contributed by atoms with Crippen LogP contribution in [0.2, 0.25) is 0 Å². The van der Waals surface area contributed by atoms with Crippen molar-refractivity contribution in [2.24, 2.45) is 0 Å². The maximum Gasteiger partial charge on any atom is 0.153 e. The van der Waals surface area contributed by atoms with Crippen molar-refractivity contribution in [3.63, 3.8) is 0 Å². The maximum absolute atomic E-state index is 12.3. The van der Waals surface area contributed by atoms with E-state index in [1.54, 1.807) is 0 Å². The van der Waals surface area contributed by atoms with Gasteiger partial charge in [-0.25, -0.2) is 8.42 Å². The van der Waals surface area contributed by atoms with Gasteiger partial charge in [-0.15, -0.1) is 0 Å². The molecule has 0 aromatic heterocycles. The molecule has 1 aromatic rings. The SMILES string of the molecule is CC(C)=CCN1CCN(Cc2ccc(C)cc2)[C@@H]2CS(=O)(=O)C[C@@H]21. The van der Waals surface area contributed by atoms with Gasteiger partial charge in [0.05, 0.1) is 11.5 Å². The molecule has 3 rings (SSSR count). The summed E-state index contributed by atoms with van der Waals surface area (Å²) in [5.41, 5.74) is 3.81. The molecule has 4 nitrogen and oxygen atoms in total. The van der Waals surface area contributed by atoms with Gasteiger partial charge in [0, 0.05) is 38.3 Å². The van der Waals surface area contributed by atoms with Crippen molar-refractivity contribution in [2.75, 3.05) is 31.1 Å². The Hall–Kier alpha value is -1.17. The smallest absolute Gasteiger partial charge is 0.153 e. The van der Waals surface area contributed by atoms with Crippen LogP contribution in [0, 0.1) is 6.92 Å². The molecule has 0 N–H and O–H groups in total. The Morgan fingerprint density at radius 2 is 1.67 bits per heavy atom. The minimum absolute atomic E-state index is 0.121. The van der Waals surface area contributed by atoms with E-state index >= 15 is 0 Å². The number of sulfone groups is 1. The minimum Gasteiger partial charge on any atom is -0.293 e. The molecule has 2 atom stereocenters. The van der Waals surface area contributed by atoms with Gasteiger partial charge in [-0.05, 0) is 26.3 Å². The van der Waals surface area contributed by atoms with Crippen LogP contribution < -0.4 is 0 Å². The van der Waals surface area contributed by atoms with Crippen molar-refractivity contribution in [3.05, 3.63) is 47.0 Å². The van der Waals surface area contributed by atoms with E-state index in [0.717, 1.165) is 26.2 Å². The second kappa shape index (κ2) is 6.98. The van der Waals surface area contributed by atoms with Crippen molar-refractivity contribution < 1.29 is 8.42 Å². The summed E-state index contributed by atoms with van der Waals surface area (Å²) in [6, 6.07) is 8.82. The summed E-state index contributed by atoms with van der Waals surface area (Å²) in [6.07, 6.45) is 2.21. The molecule has 2 fully saturated rings. The quantitative estimate of drug-likeness (QED) is 0.783. The third kappa shape index (κ3) is 4.08. The lowest BCUT2D eigenvalue weighted by Gasteiger charge is -2.43. The van der Waals surface area contributed by atoms with Crippen molar-refractivity contribution in [3.8, 4) is 0 Å². The first kappa shape index (κ1) is 17.6. The fourth-order valence-corrected chi connectivity index (χ4v) is 5.79. The number of nitrogens with zero attached hydrogens (tertiary/aromatic N) is 2. The van der Waals surface area contributed by atoms with E-state index in [1.165, 1.54) is 16.7 Å². The van der Waals surface area contributed by atoms with E-state index in [1.807, 2.05) is 0 Å². The highest BCUT2D eigenvalue weighted by atomic mass is 32.2. The van der Waals surface area contributed by atoms with Crippen LogP contribution in [-0.4, -0.2) is 61.4 Å². The van der Waals surface area contributed by atoms with Crippen LogP contribution in [-0.2, 0) is 16.4 Å². The Morgan fingerprint density at radius 3 is 2.29 bits per heavy atom. The Morgan fingerprint density at radius 1 is 1.08 bits per heavy atom. The molecule has 0 aliphatic carbocycles. The topological polar surface area (TPSA) is 40.6 Å². The van der Waals surface area contributed by atoms with Crippen LogP contribution in [0.3, 0.4) is 0 Å². The lowest BCUT2D eigenvalue weighted by molar-refractivity contribution is 0.0478. The van der Waals surface area contributed by atoms with Crippen molar-refractivity contribution in [1.29, 1.82) is 0 Å². The monoisotopic (exact) mass is 348 g/mol. The van der Waals surface area contributed by atoms with Crippen LogP contribution in [0.4, 0.5) is 0 Å². The summed E-state index contributed by atoms with van der Waals surface area (Å²) in [5.74, 6) is 0.605. The summed E-state index contributed by atoms with van der Waals surface area (Å²) in [4.78, 5) is 4.73. The predicted molar refractivity (Wildman–Crippen MR) is 98.8 cm³/mol. The van der Waals surface area contributed by atoms with Gasteiger partial charge in [-0.1, -0.05) is 41.5 Å². The Balaban J connectivity index is 1.76. The predicted octanol–water partition coefficient (Wildman–Crippen LogP) is 2.24. The van der Waals surface area contributed by atoms with Gasteiger partial charge >= 0.3 is 0 Å². The molecule has 0 saturated carbocycles. The summed E-state index contributed by atoms with van der Waals surface area (Å²) < 4.78 is 24.5. The highest BCUT2D eigenvalue weighted by Crippen LogP contribution is 2.28. The summed E-state index contributed by atoms with van der Waals surface area (Å²) in [5, 5.41) is 0. The van der Waals surface area contributed by atoms with E-state index in [-0.39, 0.29) is 12.1 Å². The van der Waals surface area contributed by atoms with Gasteiger partial charge in [0.15, 0.2) is 9.84 Å². The highest BCUT2D eigenvalue weighted by molar-refractivity contribution is 7.91. The number of aryl methyl sites for hydroxylation is 1. The second-order valence-corrected chi connectivity index (χ2v) is 9.60. The second-order valence-electron chi connectivity index (χ2n) is 7.44. The number of hydrogen-bond donors (Lipinski definition) is 0. The minimum atomic E-state index is -2.94. The van der Waals surface area contributed by atoms with E-state index in [9.17, 15) is 8.42 Å². The molecule has 0 unspecified atom stereocenters. The zero-order valence-corrected chi connectivity index (χ0v) is 15.7. The summed E-state index contributed by atoms with van der Waals surface area (Å²) >= 11 is 0. The molecule has 0 amide bonds. The third-order valence-electron chi connectivity index (χ3n) is 5.15. The molecule has 132 valence electrons. The molecule has 0 radical (unpaired) electrons. The van der Waals surface area contributed by atoms with Crippen LogP contribution in [0.25, 0.3) is 0 Å². The van der Waals surface area contributed by atoms with E-state index in [2.05, 4.69) is 60.9 Å². The number of hydrogen-bond acceptors (Lipinski definition) is 4. The molecule has 2 aliphatic rings. The first-order chi connectivity index (χ1) is 11.3. The van der Waals surface area contributed by atoms with Gasteiger partial charge in [0.25, 0.3) is 0 Å². The Labute approximate surface area is 146 Å². The lowest BCUT2D eigenvalue weighted by Crippen LogP contribution is -2.58. The molecule has 0 spiro atoms. The van der Waals surface area contributed by atoms with Crippen LogP contribution in [0.15, 0.2) is 35.9 Å². The van der Waals surface area contributed by atoms with Gasteiger partial charge in [-0.3, -0.25) is 9.80 Å². The van der Waals surface area contributed by atoms with Crippen LogP contribution in [0.5, 0.6) is 0 Å². The van der Waals surface area contributed by atoms with E-state index in [4.69, 9.17) is 0 Å². The van der Waals surface area contributed by atoms with Gasteiger partial charge < -0.3 is 0 Å². The molecular weight excluding hydrogens is 320 g/mol. The van der Waals surface area contributed by atoms with E-state index < -0.39 is 9.84 Å². The molecule has 24 heavy (non-hydrogen) atoms. The van der Waals surface area contributed by atoms with Crippen LogP contribution >= 0.6 is 0 Å². The summed E-state index contributed by atoms with van der Waals surface area (Å²) in [6.45, 7) is 9.84. The van der Waals surface area contributed by atoms with Gasteiger partial charge in [0.1, 0.15) is 0 Å². The molecule has 2 heterocycles. The number of benzene rings is 1. The molecule has 0 bridgehead atoms. The third-order valence-corrected chi connectivity index (χ3v) is 6.85. The van der Waals surface area contributed by atoms with Crippen molar-refractivity contribution in [1.82, 2.24) is 9.80 Å². The number of piperazine rings is 1. The largest absolute Gasteiger partial charge is 0.293 e. The first-order valence-electron chi connectivity index (χ1n) is 8.71. The maximum atomic E-state index is 12.3. The van der Waals surface area contributed by atoms with Crippen molar-refractivity contribution >= 4 is 9.84 Å². The zero-order chi connectivity index (χ0) is 17.3. The Bertz CT molecular complexity index is 705. The fraction of sp³-hybridized carbons (Fsp3) is 0.579. The standard InChI is InChI=1S/C19H28N2O2S/c1-15(2)8-9-20-10-11-21(12-17-6-4-16(3)5-7-17)19-14-24(22,23)13-18(19)20/h4-8,18-19H,9-14H2,1-3H3/t18-,19+/m0/s1. The lowest BCUT2D eigenvalue weighted by atomic mass is 10.0. The zero-order valence-electron chi connectivity index (χ0n) is 14.9. The normalized spacial score (nSPS) is 27.0. The molecular formula is C19H28N2O2S. The van der Waals surface area contributed by atoms with Crippen LogP contribution in [0.1, 0.15) is 25.0 Å². The van der Waals surface area contributed by atoms with E-state index in [0.29, 0.717) is 11.5 Å². The highest BCUT2D eigenvalue weighted by Gasteiger charge is 2.46.